The Morgan fingerprint density at radius 1 is 1.10 bits per heavy atom. The zero-order valence-corrected chi connectivity index (χ0v) is 13.2. The van der Waals surface area contributed by atoms with Crippen LogP contribution in [0.3, 0.4) is 0 Å². The predicted octanol–water partition coefficient (Wildman–Crippen LogP) is 4.80. The molecule has 0 radical (unpaired) electrons. The second-order valence-electron chi connectivity index (χ2n) is 5.95. The molecule has 0 aromatic heterocycles. The summed E-state index contributed by atoms with van der Waals surface area (Å²) in [7, 11) is 1.72. The van der Waals surface area contributed by atoms with Crippen molar-refractivity contribution in [3.63, 3.8) is 0 Å². The number of aliphatic imine (C=N–C) groups is 1. The molecular formula is C19H23NO. The molecule has 0 aliphatic rings. The van der Waals surface area contributed by atoms with Crippen LogP contribution in [0.4, 0.5) is 0 Å². The fourth-order valence-electron chi connectivity index (χ4n) is 2.40. The standard InChI is InChI=1S/C19H23NO/c1-5-19(2,3)17-12-15(14-9-7-6-8-10-14)11-16(13-20-4)18(17)21/h6-13,21H,5H2,1-4H3. The van der Waals surface area contributed by atoms with E-state index in [0.29, 0.717) is 5.75 Å². The van der Waals surface area contributed by atoms with Crippen LogP contribution in [-0.4, -0.2) is 18.4 Å². The number of nitrogens with zero attached hydrogens (tertiary/aromatic N) is 1. The maximum absolute atomic E-state index is 10.6. The number of rotatable bonds is 4. The normalized spacial score (nSPS) is 12.0. The Bertz CT molecular complexity index is 642. The summed E-state index contributed by atoms with van der Waals surface area (Å²) in [5.41, 5.74) is 3.93. The van der Waals surface area contributed by atoms with Crippen LogP contribution in [0.25, 0.3) is 11.1 Å². The second-order valence-corrected chi connectivity index (χ2v) is 5.95. The Morgan fingerprint density at radius 2 is 1.76 bits per heavy atom. The van der Waals surface area contributed by atoms with E-state index in [0.717, 1.165) is 28.7 Å². The lowest BCUT2D eigenvalue weighted by molar-refractivity contribution is 0.428. The van der Waals surface area contributed by atoms with E-state index in [2.05, 4.69) is 44.0 Å². The van der Waals surface area contributed by atoms with E-state index in [1.165, 1.54) is 0 Å². The summed E-state index contributed by atoms with van der Waals surface area (Å²) in [6.45, 7) is 6.45. The van der Waals surface area contributed by atoms with Crippen LogP contribution >= 0.6 is 0 Å². The third kappa shape index (κ3) is 3.15. The molecule has 2 heteroatoms. The highest BCUT2D eigenvalue weighted by atomic mass is 16.3. The van der Waals surface area contributed by atoms with E-state index in [1.54, 1.807) is 13.3 Å². The third-order valence-electron chi connectivity index (χ3n) is 4.13. The fourth-order valence-corrected chi connectivity index (χ4v) is 2.40. The van der Waals surface area contributed by atoms with Crippen molar-refractivity contribution in [1.29, 1.82) is 0 Å². The molecule has 2 rings (SSSR count). The predicted molar refractivity (Wildman–Crippen MR) is 90.4 cm³/mol. The van der Waals surface area contributed by atoms with Crippen LogP contribution in [0.1, 0.15) is 38.3 Å². The Hall–Kier alpha value is -2.09. The summed E-state index contributed by atoms with van der Waals surface area (Å²) in [6, 6.07) is 14.3. The summed E-state index contributed by atoms with van der Waals surface area (Å²) >= 11 is 0. The molecule has 1 N–H and O–H groups in total. The molecule has 0 unspecified atom stereocenters. The van der Waals surface area contributed by atoms with Gasteiger partial charge in [-0.05, 0) is 35.1 Å². The SMILES string of the molecule is CCC(C)(C)c1cc(-c2ccccc2)cc(C=NC)c1O. The van der Waals surface area contributed by atoms with E-state index >= 15 is 0 Å². The zero-order valence-electron chi connectivity index (χ0n) is 13.2. The summed E-state index contributed by atoms with van der Waals surface area (Å²) in [4.78, 5) is 4.07. The van der Waals surface area contributed by atoms with Crippen molar-refractivity contribution in [3.05, 3.63) is 53.6 Å². The van der Waals surface area contributed by atoms with Gasteiger partial charge in [0.15, 0.2) is 0 Å². The van der Waals surface area contributed by atoms with Crippen LogP contribution in [0, 0.1) is 0 Å². The van der Waals surface area contributed by atoms with Crippen LogP contribution < -0.4 is 0 Å². The minimum atomic E-state index is -0.0782. The third-order valence-corrected chi connectivity index (χ3v) is 4.13. The van der Waals surface area contributed by atoms with Gasteiger partial charge < -0.3 is 5.11 Å². The topological polar surface area (TPSA) is 32.6 Å². The molecule has 0 aliphatic carbocycles. The first kappa shape index (κ1) is 15.3. The molecule has 0 fully saturated rings. The molecule has 0 saturated heterocycles. The van der Waals surface area contributed by atoms with Gasteiger partial charge in [-0.3, -0.25) is 4.99 Å². The van der Waals surface area contributed by atoms with Crippen molar-refractivity contribution in [1.82, 2.24) is 0 Å². The summed E-state index contributed by atoms with van der Waals surface area (Å²) in [5, 5.41) is 10.6. The van der Waals surface area contributed by atoms with Gasteiger partial charge in [-0.15, -0.1) is 0 Å². The number of hydrogen-bond donors (Lipinski definition) is 1. The number of aromatic hydroxyl groups is 1. The molecular weight excluding hydrogens is 258 g/mol. The van der Waals surface area contributed by atoms with Crippen molar-refractivity contribution in [3.8, 4) is 16.9 Å². The van der Waals surface area contributed by atoms with Gasteiger partial charge in [-0.1, -0.05) is 51.1 Å². The molecule has 2 aromatic rings. The summed E-state index contributed by atoms with van der Waals surface area (Å²) in [5.74, 6) is 0.340. The van der Waals surface area contributed by atoms with Crippen molar-refractivity contribution in [2.45, 2.75) is 32.6 Å². The van der Waals surface area contributed by atoms with Crippen LogP contribution in [0.5, 0.6) is 5.75 Å². The minimum Gasteiger partial charge on any atom is -0.507 e. The molecule has 0 amide bonds. The number of phenolic OH excluding ortho intramolecular Hbond substituents is 1. The molecule has 21 heavy (non-hydrogen) atoms. The fraction of sp³-hybridized carbons (Fsp3) is 0.316. The molecule has 2 nitrogen and oxygen atoms in total. The van der Waals surface area contributed by atoms with Gasteiger partial charge in [-0.25, -0.2) is 0 Å². The van der Waals surface area contributed by atoms with E-state index in [-0.39, 0.29) is 5.41 Å². The molecule has 0 bridgehead atoms. The molecule has 0 saturated carbocycles. The van der Waals surface area contributed by atoms with Gasteiger partial charge in [0.1, 0.15) is 5.75 Å². The van der Waals surface area contributed by atoms with Gasteiger partial charge in [0.25, 0.3) is 0 Å². The average molecular weight is 281 g/mol. The van der Waals surface area contributed by atoms with E-state index in [4.69, 9.17) is 0 Å². The largest absolute Gasteiger partial charge is 0.507 e. The van der Waals surface area contributed by atoms with Gasteiger partial charge in [0.05, 0.1) is 0 Å². The summed E-state index contributed by atoms with van der Waals surface area (Å²) < 4.78 is 0. The first-order valence-electron chi connectivity index (χ1n) is 7.34. The van der Waals surface area contributed by atoms with Gasteiger partial charge >= 0.3 is 0 Å². The Morgan fingerprint density at radius 3 is 2.33 bits per heavy atom. The van der Waals surface area contributed by atoms with Gasteiger partial charge in [0.2, 0.25) is 0 Å². The molecule has 0 heterocycles. The smallest absolute Gasteiger partial charge is 0.128 e. The van der Waals surface area contributed by atoms with Crippen LogP contribution in [-0.2, 0) is 5.41 Å². The van der Waals surface area contributed by atoms with Crippen molar-refractivity contribution in [2.24, 2.45) is 4.99 Å². The highest BCUT2D eigenvalue weighted by Gasteiger charge is 2.24. The quantitative estimate of drug-likeness (QED) is 0.802. The van der Waals surface area contributed by atoms with Crippen LogP contribution in [0.15, 0.2) is 47.5 Å². The van der Waals surface area contributed by atoms with Crippen molar-refractivity contribution < 1.29 is 5.11 Å². The molecule has 0 aliphatic heterocycles. The van der Waals surface area contributed by atoms with E-state index in [1.807, 2.05) is 24.3 Å². The van der Waals surface area contributed by atoms with Gasteiger partial charge in [-0.2, -0.15) is 0 Å². The Kier molecular flexibility index (Phi) is 4.46. The minimum absolute atomic E-state index is 0.0782. The number of benzene rings is 2. The first-order valence-corrected chi connectivity index (χ1v) is 7.34. The number of phenols is 1. The first-order chi connectivity index (χ1) is 9.99. The lowest BCUT2D eigenvalue weighted by Crippen LogP contribution is -2.16. The highest BCUT2D eigenvalue weighted by Crippen LogP contribution is 2.38. The molecule has 0 atom stereocenters. The Balaban J connectivity index is 2.69. The highest BCUT2D eigenvalue weighted by molar-refractivity contribution is 5.87. The lowest BCUT2D eigenvalue weighted by atomic mass is 9.79. The van der Waals surface area contributed by atoms with E-state index in [9.17, 15) is 5.11 Å². The second kappa shape index (κ2) is 6.13. The maximum Gasteiger partial charge on any atom is 0.128 e. The zero-order chi connectivity index (χ0) is 15.5. The molecule has 110 valence electrons. The lowest BCUT2D eigenvalue weighted by Gasteiger charge is -2.26. The Labute approximate surface area is 127 Å². The van der Waals surface area contributed by atoms with Crippen LogP contribution in [0.2, 0.25) is 0 Å². The van der Waals surface area contributed by atoms with Crippen molar-refractivity contribution >= 4 is 6.21 Å². The average Bonchev–Trinajstić information content (AvgIpc) is 2.50. The number of hydrogen-bond acceptors (Lipinski definition) is 2. The molecule has 0 spiro atoms. The molecule has 2 aromatic carbocycles. The monoisotopic (exact) mass is 281 g/mol. The van der Waals surface area contributed by atoms with E-state index < -0.39 is 0 Å². The van der Waals surface area contributed by atoms with Crippen molar-refractivity contribution in [2.75, 3.05) is 7.05 Å². The maximum atomic E-state index is 10.6. The summed E-state index contributed by atoms with van der Waals surface area (Å²) in [6.07, 6.45) is 2.68. The van der Waals surface area contributed by atoms with Gasteiger partial charge in [0, 0.05) is 24.4 Å².